The van der Waals surface area contributed by atoms with Gasteiger partial charge in [-0.15, -0.1) is 0 Å². The van der Waals surface area contributed by atoms with Crippen molar-refractivity contribution in [3.8, 4) is 0 Å². The molecule has 0 aromatic rings. The molecule has 0 bridgehead atoms. The van der Waals surface area contributed by atoms with Gasteiger partial charge in [0, 0.05) is 18.5 Å². The summed E-state index contributed by atoms with van der Waals surface area (Å²) in [6.45, 7) is 18.3. The van der Waals surface area contributed by atoms with Gasteiger partial charge in [-0.2, -0.15) is 0 Å². The van der Waals surface area contributed by atoms with Gasteiger partial charge >= 0.3 is 0 Å². The number of amides is 1. The van der Waals surface area contributed by atoms with Crippen molar-refractivity contribution in [3.05, 3.63) is 0 Å². The summed E-state index contributed by atoms with van der Waals surface area (Å²) in [6.07, 6.45) is 2.76. The van der Waals surface area contributed by atoms with Crippen molar-refractivity contribution in [1.29, 1.82) is 0 Å². The molecule has 0 aromatic carbocycles. The Balaban J connectivity index is 3.94. The van der Waals surface area contributed by atoms with E-state index >= 15 is 0 Å². The van der Waals surface area contributed by atoms with Gasteiger partial charge in [-0.05, 0) is 57.2 Å². The Morgan fingerprint density at radius 3 is 2.04 bits per heavy atom. The van der Waals surface area contributed by atoms with Crippen LogP contribution in [-0.2, 0) is 4.79 Å². The van der Waals surface area contributed by atoms with Crippen LogP contribution in [0.2, 0.25) is 0 Å². The van der Waals surface area contributed by atoms with Gasteiger partial charge in [-0.25, -0.2) is 0 Å². The number of hydrogen-bond acceptors (Lipinski definition) is 3. The molecule has 0 aromatic heterocycles. The Morgan fingerprint density at radius 2 is 1.48 bits per heavy atom. The number of nitrogens with one attached hydrogen (secondary N) is 3. The average molecular weight is 328 g/mol. The van der Waals surface area contributed by atoms with Crippen molar-refractivity contribution in [2.24, 2.45) is 17.8 Å². The van der Waals surface area contributed by atoms with E-state index in [1.807, 2.05) is 0 Å². The molecule has 0 aliphatic rings. The zero-order valence-electron chi connectivity index (χ0n) is 16.5. The molecule has 4 atom stereocenters. The molecule has 0 fully saturated rings. The minimum Gasteiger partial charge on any atom is -0.354 e. The first-order chi connectivity index (χ1) is 10.7. The first-order valence-electron chi connectivity index (χ1n) is 9.47. The highest BCUT2D eigenvalue weighted by molar-refractivity contribution is 5.76. The van der Waals surface area contributed by atoms with Gasteiger partial charge in [0.05, 0.1) is 0 Å². The minimum absolute atomic E-state index is 0.199. The fourth-order valence-electron chi connectivity index (χ4n) is 3.08. The Labute approximate surface area is 144 Å². The molecule has 4 heteroatoms. The summed E-state index contributed by atoms with van der Waals surface area (Å²) in [4.78, 5) is 12.2. The normalized spacial score (nSPS) is 16.9. The second kappa shape index (κ2) is 12.8. The van der Waals surface area contributed by atoms with Crippen LogP contribution in [0.15, 0.2) is 0 Å². The smallest absolute Gasteiger partial charge is 0.220 e. The third-order valence-electron chi connectivity index (χ3n) is 4.12. The first kappa shape index (κ1) is 22.4. The largest absolute Gasteiger partial charge is 0.354 e. The summed E-state index contributed by atoms with van der Waals surface area (Å²) < 4.78 is 0. The maximum atomic E-state index is 12.2. The van der Waals surface area contributed by atoms with Crippen LogP contribution >= 0.6 is 0 Å². The lowest BCUT2D eigenvalue weighted by Crippen LogP contribution is -2.37. The Hall–Kier alpha value is -0.610. The SMILES string of the molecule is CCNCC(C)CC(C)CC(=O)NC(C)CC(C)CNC(C)C. The lowest BCUT2D eigenvalue weighted by Gasteiger charge is -2.22. The quantitative estimate of drug-likeness (QED) is 0.487. The molecule has 0 aliphatic heterocycles. The van der Waals surface area contributed by atoms with Gasteiger partial charge < -0.3 is 16.0 Å². The van der Waals surface area contributed by atoms with E-state index < -0.39 is 0 Å². The van der Waals surface area contributed by atoms with E-state index in [9.17, 15) is 4.79 Å². The van der Waals surface area contributed by atoms with Crippen LogP contribution in [0.5, 0.6) is 0 Å². The van der Waals surface area contributed by atoms with Crippen molar-refractivity contribution >= 4 is 5.91 Å². The molecule has 0 spiro atoms. The highest BCUT2D eigenvalue weighted by Gasteiger charge is 2.16. The van der Waals surface area contributed by atoms with E-state index in [2.05, 4.69) is 64.4 Å². The number of hydrogen-bond donors (Lipinski definition) is 3. The predicted octanol–water partition coefficient (Wildman–Crippen LogP) is 3.18. The molecule has 0 saturated heterocycles. The number of rotatable bonds is 13. The lowest BCUT2D eigenvalue weighted by atomic mass is 9.94. The van der Waals surface area contributed by atoms with Gasteiger partial charge in [-0.3, -0.25) is 4.79 Å². The Morgan fingerprint density at radius 1 is 0.870 bits per heavy atom. The van der Waals surface area contributed by atoms with E-state index in [1.54, 1.807) is 0 Å². The highest BCUT2D eigenvalue weighted by atomic mass is 16.1. The van der Waals surface area contributed by atoms with Gasteiger partial charge in [-0.1, -0.05) is 41.5 Å². The van der Waals surface area contributed by atoms with E-state index in [0.717, 1.165) is 32.5 Å². The molecule has 4 nitrogen and oxygen atoms in total. The summed E-state index contributed by atoms with van der Waals surface area (Å²) in [5, 5.41) is 9.99. The van der Waals surface area contributed by atoms with Gasteiger partial charge in [0.2, 0.25) is 5.91 Å². The third kappa shape index (κ3) is 13.5. The molecule has 3 N–H and O–H groups in total. The van der Waals surface area contributed by atoms with E-state index in [4.69, 9.17) is 0 Å². The first-order valence-corrected chi connectivity index (χ1v) is 9.47. The second-order valence-electron chi connectivity index (χ2n) is 7.83. The molecule has 0 heterocycles. The number of carbonyl (C=O) groups excluding carboxylic acids is 1. The predicted molar refractivity (Wildman–Crippen MR) is 101 cm³/mol. The van der Waals surface area contributed by atoms with Crippen molar-refractivity contribution in [1.82, 2.24) is 16.0 Å². The molecule has 0 aliphatic carbocycles. The molecule has 0 saturated carbocycles. The van der Waals surface area contributed by atoms with E-state index in [1.165, 1.54) is 0 Å². The molecule has 1 amide bonds. The van der Waals surface area contributed by atoms with Gasteiger partial charge in [0.15, 0.2) is 0 Å². The van der Waals surface area contributed by atoms with Crippen LogP contribution in [0.25, 0.3) is 0 Å². The monoisotopic (exact) mass is 327 g/mol. The molecule has 23 heavy (non-hydrogen) atoms. The van der Waals surface area contributed by atoms with Crippen LogP contribution in [0, 0.1) is 17.8 Å². The van der Waals surface area contributed by atoms with Crippen molar-refractivity contribution in [2.45, 2.75) is 79.8 Å². The summed E-state index contributed by atoms with van der Waals surface area (Å²) in [6, 6.07) is 0.769. The average Bonchev–Trinajstić information content (AvgIpc) is 2.42. The fourth-order valence-corrected chi connectivity index (χ4v) is 3.08. The van der Waals surface area contributed by atoms with Crippen LogP contribution in [-0.4, -0.2) is 37.6 Å². The summed E-state index contributed by atoms with van der Waals surface area (Å²) >= 11 is 0. The second-order valence-corrected chi connectivity index (χ2v) is 7.83. The van der Waals surface area contributed by atoms with Crippen molar-refractivity contribution < 1.29 is 4.79 Å². The molecule has 4 unspecified atom stereocenters. The topological polar surface area (TPSA) is 53.2 Å². The molecular weight excluding hydrogens is 286 g/mol. The van der Waals surface area contributed by atoms with Crippen LogP contribution in [0.1, 0.15) is 67.7 Å². The van der Waals surface area contributed by atoms with Crippen LogP contribution in [0.3, 0.4) is 0 Å². The van der Waals surface area contributed by atoms with Crippen LogP contribution < -0.4 is 16.0 Å². The van der Waals surface area contributed by atoms with E-state index in [0.29, 0.717) is 30.2 Å². The number of carbonyl (C=O) groups is 1. The highest BCUT2D eigenvalue weighted by Crippen LogP contribution is 2.15. The van der Waals surface area contributed by atoms with Gasteiger partial charge in [0.25, 0.3) is 0 Å². The van der Waals surface area contributed by atoms with Crippen molar-refractivity contribution in [3.63, 3.8) is 0 Å². The van der Waals surface area contributed by atoms with Crippen molar-refractivity contribution in [2.75, 3.05) is 19.6 Å². The van der Waals surface area contributed by atoms with Gasteiger partial charge in [0.1, 0.15) is 0 Å². The molecule has 0 radical (unpaired) electrons. The third-order valence-corrected chi connectivity index (χ3v) is 4.12. The summed E-state index contributed by atoms with van der Waals surface area (Å²) in [5.41, 5.74) is 0. The molecular formula is C19H41N3O. The molecule has 0 rings (SSSR count). The lowest BCUT2D eigenvalue weighted by molar-refractivity contribution is -0.122. The van der Waals surface area contributed by atoms with E-state index in [-0.39, 0.29) is 11.9 Å². The summed E-state index contributed by atoms with van der Waals surface area (Å²) in [5.74, 6) is 1.84. The fraction of sp³-hybridized carbons (Fsp3) is 0.947. The summed E-state index contributed by atoms with van der Waals surface area (Å²) in [7, 11) is 0. The minimum atomic E-state index is 0.199. The zero-order chi connectivity index (χ0) is 17.8. The standard InChI is InChI=1S/C19H41N3O/c1-8-20-12-16(5)9-15(4)11-19(23)22-18(7)10-17(6)13-21-14(2)3/h14-18,20-21H,8-13H2,1-7H3,(H,22,23). The Kier molecular flexibility index (Phi) is 12.4. The maximum Gasteiger partial charge on any atom is 0.220 e. The zero-order valence-corrected chi connectivity index (χ0v) is 16.5. The Bertz CT molecular complexity index is 307. The molecule has 138 valence electrons. The van der Waals surface area contributed by atoms with Crippen LogP contribution in [0.4, 0.5) is 0 Å². The maximum absolute atomic E-state index is 12.2.